The van der Waals surface area contributed by atoms with Crippen LogP contribution in [-0.4, -0.2) is 41.0 Å². The zero-order valence-corrected chi connectivity index (χ0v) is 17.2. The van der Waals surface area contributed by atoms with Crippen molar-refractivity contribution in [3.63, 3.8) is 0 Å². The van der Waals surface area contributed by atoms with Crippen LogP contribution in [0.25, 0.3) is 26.5 Å². The van der Waals surface area contributed by atoms with Gasteiger partial charge in [-0.15, -0.1) is 0 Å². The number of fused-ring (bicyclic) bond motifs is 1. The van der Waals surface area contributed by atoms with Gasteiger partial charge in [-0.05, 0) is 42.0 Å². The molecule has 2 rings (SSSR count). The summed E-state index contributed by atoms with van der Waals surface area (Å²) >= 11 is 0. The number of azide groups is 2. The molecule has 1 amide bonds. The summed E-state index contributed by atoms with van der Waals surface area (Å²) in [4.78, 5) is 33.4. The van der Waals surface area contributed by atoms with Gasteiger partial charge in [0.1, 0.15) is 12.2 Å². The maximum Gasteiger partial charge on any atom is 0.270 e. The molecular weight excluding hydrogens is 404 g/mol. The van der Waals surface area contributed by atoms with Crippen molar-refractivity contribution in [3.8, 4) is 5.75 Å². The summed E-state index contributed by atoms with van der Waals surface area (Å²) in [5.41, 5.74) is 18.3. The summed E-state index contributed by atoms with van der Waals surface area (Å²) in [5, 5.41) is 12.8. The van der Waals surface area contributed by atoms with Crippen LogP contribution in [0.5, 0.6) is 5.75 Å². The van der Waals surface area contributed by atoms with Crippen molar-refractivity contribution in [2.75, 3.05) is 19.7 Å². The molecule has 0 spiro atoms. The van der Waals surface area contributed by atoms with E-state index in [1.54, 1.807) is 16.7 Å². The van der Waals surface area contributed by atoms with Gasteiger partial charge in [0.05, 0.1) is 25.4 Å². The number of carbonyl (C=O) groups is 1. The maximum absolute atomic E-state index is 12.9. The van der Waals surface area contributed by atoms with E-state index in [2.05, 4.69) is 35.5 Å². The Balaban J connectivity index is 2.23. The Labute approximate surface area is 178 Å². The molecule has 0 aromatic carbocycles. The minimum absolute atomic E-state index is 0.0724. The van der Waals surface area contributed by atoms with Crippen molar-refractivity contribution in [1.29, 1.82) is 0 Å². The van der Waals surface area contributed by atoms with Crippen LogP contribution in [0.1, 0.15) is 48.7 Å². The van der Waals surface area contributed by atoms with E-state index in [9.17, 15) is 9.70 Å². The van der Waals surface area contributed by atoms with Crippen LogP contribution in [0.4, 0.5) is 0 Å². The highest BCUT2D eigenvalue weighted by Gasteiger charge is 2.19. The molecule has 2 aromatic heterocycles. The number of nitrogens with one attached hydrogen (secondary N) is 1. The first-order valence-corrected chi connectivity index (χ1v) is 9.89. The molecule has 0 aliphatic rings. The van der Waals surface area contributed by atoms with Crippen LogP contribution < -0.4 is 10.1 Å². The summed E-state index contributed by atoms with van der Waals surface area (Å²) in [7, 11) is 0. The highest BCUT2D eigenvalue weighted by atomic mass is 16.5. The van der Waals surface area contributed by atoms with Crippen molar-refractivity contribution >= 4 is 11.6 Å². The molecule has 0 fully saturated rings. The number of nitrogens with zero attached hydrogens (tertiary/aromatic N) is 9. The topological polar surface area (TPSA) is 183 Å². The Morgan fingerprint density at radius 1 is 1.32 bits per heavy atom. The van der Waals surface area contributed by atoms with E-state index in [0.717, 1.165) is 6.42 Å². The van der Waals surface area contributed by atoms with Crippen molar-refractivity contribution in [1.82, 2.24) is 14.7 Å². The summed E-state index contributed by atoms with van der Waals surface area (Å²) in [6.45, 7) is 2.82. The molecule has 0 saturated carbocycles. The fraction of sp³-hybridized carbons (Fsp3) is 0.556. The predicted octanol–water partition coefficient (Wildman–Crippen LogP) is 4.28. The maximum atomic E-state index is 12.9. The van der Waals surface area contributed by atoms with Gasteiger partial charge in [-0.2, -0.15) is 4.91 Å². The number of pyridine rings is 1. The van der Waals surface area contributed by atoms with Crippen LogP contribution in [0.15, 0.2) is 33.9 Å². The van der Waals surface area contributed by atoms with E-state index in [1.165, 1.54) is 6.20 Å². The summed E-state index contributed by atoms with van der Waals surface area (Å²) in [6, 6.07) is 1.28. The first-order chi connectivity index (χ1) is 15.1. The Morgan fingerprint density at radius 2 is 2.13 bits per heavy atom. The molecule has 31 heavy (non-hydrogen) atoms. The summed E-state index contributed by atoms with van der Waals surface area (Å²) in [5.74, 6) is 0.0641. The first-order valence-electron chi connectivity index (χ1n) is 9.89. The number of rotatable bonds is 14. The molecule has 13 heteroatoms. The van der Waals surface area contributed by atoms with E-state index >= 15 is 0 Å². The molecular formula is C18H24N10O3. The number of hydrogen-bond donors (Lipinski definition) is 1. The van der Waals surface area contributed by atoms with Gasteiger partial charge >= 0.3 is 0 Å². The molecule has 0 aliphatic carbocycles. The average Bonchev–Trinajstić information content (AvgIpc) is 3.20. The van der Waals surface area contributed by atoms with Gasteiger partial charge in [0.25, 0.3) is 5.91 Å². The molecule has 0 radical (unpaired) electrons. The van der Waals surface area contributed by atoms with Gasteiger partial charge in [-0.1, -0.05) is 28.7 Å². The largest absolute Gasteiger partial charge is 0.490 e. The van der Waals surface area contributed by atoms with Gasteiger partial charge in [0.2, 0.25) is 0 Å². The van der Waals surface area contributed by atoms with Crippen LogP contribution in [-0.2, 0) is 6.54 Å². The fourth-order valence-corrected chi connectivity index (χ4v) is 2.97. The lowest BCUT2D eigenvalue weighted by atomic mass is 10.1. The quantitative estimate of drug-likeness (QED) is 0.155. The van der Waals surface area contributed by atoms with Gasteiger partial charge < -0.3 is 10.1 Å². The smallest absolute Gasteiger partial charge is 0.270 e. The Kier molecular flexibility index (Phi) is 9.60. The van der Waals surface area contributed by atoms with E-state index in [0.29, 0.717) is 49.4 Å². The SMILES string of the molecule is CCCOc1cc(CN=[N+]=[N-])cn2c(C(=O)N[C@H](CCCCN=[N+]=[N-])CN=O)cnc12. The lowest BCUT2D eigenvalue weighted by molar-refractivity contribution is 0.0930. The minimum atomic E-state index is -0.455. The fourth-order valence-electron chi connectivity index (χ4n) is 2.97. The van der Waals surface area contributed by atoms with Crippen molar-refractivity contribution in [3.05, 3.63) is 55.5 Å². The molecule has 1 N–H and O–H groups in total. The van der Waals surface area contributed by atoms with E-state index < -0.39 is 11.9 Å². The van der Waals surface area contributed by atoms with Crippen LogP contribution in [0.2, 0.25) is 0 Å². The van der Waals surface area contributed by atoms with E-state index in [1.807, 2.05) is 6.92 Å². The van der Waals surface area contributed by atoms with Crippen molar-refractivity contribution in [2.45, 2.75) is 45.2 Å². The standard InChI is InChI=1S/C18H24N10O3/c1-2-7-31-16-8-13(9-23-27-20)12-28-15(11-21-17(16)28)18(29)25-14(10-24-30)5-3-4-6-22-26-19/h8,11-12,14H,2-7,9-10H2,1H3,(H,25,29)/t14-/m1/s1. The van der Waals surface area contributed by atoms with Gasteiger partial charge in [-0.3, -0.25) is 9.20 Å². The minimum Gasteiger partial charge on any atom is -0.490 e. The van der Waals surface area contributed by atoms with Crippen LogP contribution in [0.3, 0.4) is 0 Å². The second-order valence-corrected chi connectivity index (χ2v) is 6.72. The predicted molar refractivity (Wildman–Crippen MR) is 114 cm³/mol. The summed E-state index contributed by atoms with van der Waals surface area (Å²) in [6.07, 6.45) is 5.71. The third-order valence-corrected chi connectivity index (χ3v) is 4.39. The molecule has 0 bridgehead atoms. The molecule has 0 saturated heterocycles. The van der Waals surface area contributed by atoms with Crippen LogP contribution in [0, 0.1) is 4.91 Å². The Bertz CT molecular complexity index is 992. The molecule has 0 unspecified atom stereocenters. The molecule has 2 aromatic rings. The summed E-state index contributed by atoms with van der Waals surface area (Å²) < 4.78 is 7.33. The van der Waals surface area contributed by atoms with E-state index in [-0.39, 0.29) is 18.8 Å². The number of nitroso groups, excluding NO2 is 1. The number of unbranched alkanes of at least 4 members (excludes halogenated alkanes) is 1. The molecule has 13 nitrogen and oxygen atoms in total. The Morgan fingerprint density at radius 3 is 2.84 bits per heavy atom. The van der Waals surface area contributed by atoms with Gasteiger partial charge in [0.15, 0.2) is 11.4 Å². The number of carbonyl (C=O) groups excluding carboxylic acids is 1. The number of aromatic nitrogens is 2. The molecule has 2 heterocycles. The number of hydrogen-bond acceptors (Lipinski definition) is 7. The van der Waals surface area contributed by atoms with Crippen molar-refractivity contribution < 1.29 is 9.53 Å². The average molecular weight is 428 g/mol. The Hall–Kier alpha value is -3.82. The first kappa shape index (κ1) is 23.5. The van der Waals surface area contributed by atoms with Gasteiger partial charge in [0, 0.05) is 22.6 Å². The van der Waals surface area contributed by atoms with Crippen molar-refractivity contribution in [2.24, 2.45) is 15.4 Å². The third-order valence-electron chi connectivity index (χ3n) is 4.39. The zero-order chi connectivity index (χ0) is 22.5. The zero-order valence-electron chi connectivity index (χ0n) is 17.2. The second-order valence-electron chi connectivity index (χ2n) is 6.72. The second kappa shape index (κ2) is 12.7. The molecule has 164 valence electrons. The molecule has 0 aliphatic heterocycles. The monoisotopic (exact) mass is 428 g/mol. The molecule has 1 atom stereocenters. The van der Waals surface area contributed by atoms with E-state index in [4.69, 9.17) is 15.8 Å². The highest BCUT2D eigenvalue weighted by molar-refractivity contribution is 5.93. The lowest BCUT2D eigenvalue weighted by Crippen LogP contribution is -2.37. The normalized spacial score (nSPS) is 11.3. The lowest BCUT2D eigenvalue weighted by Gasteiger charge is -2.15. The van der Waals surface area contributed by atoms with Gasteiger partial charge in [-0.25, -0.2) is 4.98 Å². The number of ether oxygens (including phenoxy) is 1. The number of amides is 1. The highest BCUT2D eigenvalue weighted by Crippen LogP contribution is 2.23. The number of imidazole rings is 1. The van der Waals surface area contributed by atoms with Crippen LogP contribution >= 0.6 is 0 Å². The third kappa shape index (κ3) is 6.88.